The fourth-order valence-electron chi connectivity index (χ4n) is 2.01. The monoisotopic (exact) mass is 309 g/mol. The van der Waals surface area contributed by atoms with Crippen molar-refractivity contribution < 1.29 is 0 Å². The minimum Gasteiger partial charge on any atom is -0.341 e. The third kappa shape index (κ3) is 3.97. The van der Waals surface area contributed by atoms with Gasteiger partial charge < -0.3 is 10.3 Å². The molecule has 3 aromatic rings. The van der Waals surface area contributed by atoms with Gasteiger partial charge in [-0.05, 0) is 17.7 Å². The molecule has 3 nitrogen and oxygen atoms in total. The average Bonchev–Trinajstić information content (AvgIpc) is 2.82. The van der Waals surface area contributed by atoms with E-state index < -0.39 is 0 Å². The van der Waals surface area contributed by atoms with Gasteiger partial charge in [-0.2, -0.15) is 0 Å². The smallest absolute Gasteiger partial charge is 0.121 e. The number of imidazole rings is 1. The number of H-pyrrole nitrogens is 1. The van der Waals surface area contributed by atoms with Crippen molar-refractivity contribution in [3.8, 4) is 0 Å². The number of hydrogen-bond acceptors (Lipinski definition) is 2. The van der Waals surface area contributed by atoms with Crippen molar-refractivity contribution in [1.29, 1.82) is 0 Å². The normalized spacial score (nSPS) is 9.80. The molecule has 0 atom stereocenters. The molecule has 2 aromatic carbocycles. The van der Waals surface area contributed by atoms with Crippen LogP contribution in [0.2, 0.25) is 0 Å². The lowest BCUT2D eigenvalue weighted by molar-refractivity contribution is 0.670. The van der Waals surface area contributed by atoms with Crippen molar-refractivity contribution in [2.24, 2.45) is 0 Å². The van der Waals surface area contributed by atoms with E-state index in [-0.39, 0.29) is 24.8 Å². The van der Waals surface area contributed by atoms with Crippen molar-refractivity contribution in [2.45, 2.75) is 13.1 Å². The molecule has 0 saturated carbocycles. The predicted octanol–water partition coefficient (Wildman–Crippen LogP) is 3.70. The molecule has 0 aliphatic carbocycles. The summed E-state index contributed by atoms with van der Waals surface area (Å²) in [5.41, 5.74) is 3.40. The van der Waals surface area contributed by atoms with Gasteiger partial charge in [0, 0.05) is 6.54 Å². The fourth-order valence-corrected chi connectivity index (χ4v) is 2.01. The van der Waals surface area contributed by atoms with E-state index in [1.54, 1.807) is 0 Å². The second-order valence-electron chi connectivity index (χ2n) is 4.29. The van der Waals surface area contributed by atoms with Gasteiger partial charge in [0.25, 0.3) is 0 Å². The van der Waals surface area contributed by atoms with Crippen LogP contribution in [0.3, 0.4) is 0 Å². The molecule has 0 amide bonds. The second-order valence-corrected chi connectivity index (χ2v) is 4.29. The molecule has 106 valence electrons. The van der Waals surface area contributed by atoms with Crippen LogP contribution in [0.5, 0.6) is 0 Å². The van der Waals surface area contributed by atoms with Gasteiger partial charge in [0.05, 0.1) is 17.6 Å². The van der Waals surface area contributed by atoms with E-state index in [4.69, 9.17) is 0 Å². The van der Waals surface area contributed by atoms with Crippen LogP contribution >= 0.6 is 24.8 Å². The van der Waals surface area contributed by atoms with E-state index in [0.717, 1.165) is 29.9 Å². The fraction of sp³-hybridized carbons (Fsp3) is 0.133. The highest BCUT2D eigenvalue weighted by molar-refractivity contribution is 5.85. The number of nitrogens with zero attached hydrogens (tertiary/aromatic N) is 1. The molecule has 2 N–H and O–H groups in total. The highest BCUT2D eigenvalue weighted by atomic mass is 35.5. The Bertz CT molecular complexity index is 605. The quantitative estimate of drug-likeness (QED) is 0.771. The third-order valence-electron chi connectivity index (χ3n) is 2.90. The summed E-state index contributed by atoms with van der Waals surface area (Å²) in [5.74, 6) is 0.979. The Labute approximate surface area is 130 Å². The predicted molar refractivity (Wildman–Crippen MR) is 87.6 cm³/mol. The number of benzene rings is 2. The van der Waals surface area contributed by atoms with Gasteiger partial charge in [0.15, 0.2) is 0 Å². The van der Waals surface area contributed by atoms with Gasteiger partial charge in [-0.1, -0.05) is 42.5 Å². The van der Waals surface area contributed by atoms with Crippen LogP contribution in [0.1, 0.15) is 11.4 Å². The molecule has 0 spiro atoms. The Morgan fingerprint density at radius 2 is 1.55 bits per heavy atom. The lowest BCUT2D eigenvalue weighted by atomic mass is 10.2. The van der Waals surface area contributed by atoms with Crippen LogP contribution in [0.15, 0.2) is 54.6 Å². The maximum Gasteiger partial charge on any atom is 0.121 e. The summed E-state index contributed by atoms with van der Waals surface area (Å²) in [6, 6.07) is 18.5. The molecule has 0 bridgehead atoms. The Morgan fingerprint density at radius 3 is 2.30 bits per heavy atom. The molecule has 20 heavy (non-hydrogen) atoms. The summed E-state index contributed by atoms with van der Waals surface area (Å²) in [4.78, 5) is 7.83. The van der Waals surface area contributed by atoms with Crippen LogP contribution in [0, 0.1) is 0 Å². The second kappa shape index (κ2) is 7.90. The average molecular weight is 310 g/mol. The Kier molecular flexibility index (Phi) is 6.52. The molecule has 5 heteroatoms. The number of fused-ring (bicyclic) bond motifs is 1. The summed E-state index contributed by atoms with van der Waals surface area (Å²) < 4.78 is 0. The van der Waals surface area contributed by atoms with Crippen LogP contribution in [0.4, 0.5) is 0 Å². The summed E-state index contributed by atoms with van der Waals surface area (Å²) >= 11 is 0. The highest BCUT2D eigenvalue weighted by Gasteiger charge is 2.00. The van der Waals surface area contributed by atoms with Gasteiger partial charge in [-0.15, -0.1) is 24.8 Å². The molecule has 1 heterocycles. The Morgan fingerprint density at radius 1 is 0.850 bits per heavy atom. The molecule has 0 radical (unpaired) electrons. The van der Waals surface area contributed by atoms with Crippen LogP contribution in [-0.4, -0.2) is 9.97 Å². The van der Waals surface area contributed by atoms with E-state index >= 15 is 0 Å². The van der Waals surface area contributed by atoms with E-state index in [2.05, 4.69) is 39.6 Å². The van der Waals surface area contributed by atoms with E-state index in [1.165, 1.54) is 5.56 Å². The van der Waals surface area contributed by atoms with Gasteiger partial charge in [0.2, 0.25) is 0 Å². The number of aromatic nitrogens is 2. The van der Waals surface area contributed by atoms with Crippen LogP contribution in [0.25, 0.3) is 11.0 Å². The molecule has 0 saturated heterocycles. The molecule has 0 unspecified atom stereocenters. The van der Waals surface area contributed by atoms with E-state index in [9.17, 15) is 0 Å². The molecule has 0 fully saturated rings. The van der Waals surface area contributed by atoms with E-state index in [1.807, 2.05) is 30.3 Å². The summed E-state index contributed by atoms with van der Waals surface area (Å²) in [6.45, 7) is 1.61. The number of rotatable bonds is 4. The topological polar surface area (TPSA) is 40.7 Å². The van der Waals surface area contributed by atoms with Gasteiger partial charge in [0.1, 0.15) is 5.82 Å². The van der Waals surface area contributed by atoms with Gasteiger partial charge >= 0.3 is 0 Å². The van der Waals surface area contributed by atoms with Crippen molar-refractivity contribution >= 4 is 35.8 Å². The zero-order valence-electron chi connectivity index (χ0n) is 10.9. The summed E-state index contributed by atoms with van der Waals surface area (Å²) in [7, 11) is 0. The summed E-state index contributed by atoms with van der Waals surface area (Å²) in [5, 5.41) is 3.39. The minimum atomic E-state index is 0. The van der Waals surface area contributed by atoms with Gasteiger partial charge in [-0.25, -0.2) is 4.98 Å². The minimum absolute atomic E-state index is 0. The standard InChI is InChI=1S/C15H15N3.2ClH/c1-2-6-12(7-3-1)10-16-11-15-17-13-8-4-5-9-14(13)18-15;;/h1-9,16H,10-11H2,(H,17,18);2*1H. The Balaban J connectivity index is 0.000001000. The molecule has 0 aliphatic heterocycles. The number of aromatic amines is 1. The van der Waals surface area contributed by atoms with Gasteiger partial charge in [-0.3, -0.25) is 0 Å². The first-order valence-corrected chi connectivity index (χ1v) is 6.10. The van der Waals surface area contributed by atoms with Crippen molar-refractivity contribution in [3.05, 3.63) is 66.0 Å². The molecule has 0 aliphatic rings. The summed E-state index contributed by atoms with van der Waals surface area (Å²) in [6.07, 6.45) is 0. The van der Waals surface area contributed by atoms with Crippen LogP contribution in [-0.2, 0) is 13.1 Å². The van der Waals surface area contributed by atoms with Crippen molar-refractivity contribution in [3.63, 3.8) is 0 Å². The molecule has 1 aromatic heterocycles. The maximum atomic E-state index is 4.53. The zero-order chi connectivity index (χ0) is 12.2. The molecular weight excluding hydrogens is 293 g/mol. The lowest BCUT2D eigenvalue weighted by Crippen LogP contribution is -2.13. The lowest BCUT2D eigenvalue weighted by Gasteiger charge is -2.02. The zero-order valence-corrected chi connectivity index (χ0v) is 12.5. The number of hydrogen-bond donors (Lipinski definition) is 2. The molecule has 3 rings (SSSR count). The molecular formula is C15H17Cl2N3. The van der Waals surface area contributed by atoms with Crippen LogP contribution < -0.4 is 5.32 Å². The van der Waals surface area contributed by atoms with E-state index in [0.29, 0.717) is 0 Å². The number of nitrogens with one attached hydrogen (secondary N) is 2. The third-order valence-corrected chi connectivity index (χ3v) is 2.90. The van der Waals surface area contributed by atoms with Crippen molar-refractivity contribution in [2.75, 3.05) is 0 Å². The largest absolute Gasteiger partial charge is 0.341 e. The first-order chi connectivity index (χ1) is 8.92. The van der Waals surface area contributed by atoms with Crippen molar-refractivity contribution in [1.82, 2.24) is 15.3 Å². The number of halogens is 2. The number of para-hydroxylation sites is 2. The highest BCUT2D eigenvalue weighted by Crippen LogP contribution is 2.10. The first-order valence-electron chi connectivity index (χ1n) is 6.10. The Hall–Kier alpha value is -1.55. The first kappa shape index (κ1) is 16.5. The SMILES string of the molecule is Cl.Cl.c1ccc(CNCc2nc3ccccc3[nH]2)cc1. The maximum absolute atomic E-state index is 4.53.